The predicted octanol–water partition coefficient (Wildman–Crippen LogP) is -1.07. The van der Waals surface area contributed by atoms with Crippen molar-refractivity contribution in [3.63, 3.8) is 0 Å². The van der Waals surface area contributed by atoms with Gasteiger partial charge in [-0.15, -0.1) is 0 Å². The van der Waals surface area contributed by atoms with E-state index < -0.39 is 30.0 Å². The molecular weight excluding hydrogens is 384 g/mol. The number of nitrogens with two attached hydrogens (primary N) is 3. The summed E-state index contributed by atoms with van der Waals surface area (Å²) in [5.41, 5.74) is 15.5. The van der Waals surface area contributed by atoms with E-state index in [9.17, 15) is 14.4 Å². The summed E-state index contributed by atoms with van der Waals surface area (Å²) in [6.07, 6.45) is 3.57. The molecular formula is C17H36N6O6. The molecule has 0 bridgehead atoms. The highest BCUT2D eigenvalue weighted by Crippen LogP contribution is 2.04. The van der Waals surface area contributed by atoms with Crippen molar-refractivity contribution in [3.8, 4) is 0 Å². The summed E-state index contributed by atoms with van der Waals surface area (Å²) in [4.78, 5) is 30.5. The van der Waals surface area contributed by atoms with E-state index in [1.54, 1.807) is 0 Å². The van der Waals surface area contributed by atoms with Crippen LogP contribution in [-0.2, 0) is 14.4 Å². The van der Waals surface area contributed by atoms with Gasteiger partial charge in [0.2, 0.25) is 0 Å². The molecule has 1 heterocycles. The van der Waals surface area contributed by atoms with Crippen molar-refractivity contribution in [2.75, 3.05) is 13.1 Å². The van der Waals surface area contributed by atoms with Crippen molar-refractivity contribution in [1.82, 2.24) is 10.6 Å². The Morgan fingerprint density at radius 3 is 2.07 bits per heavy atom. The molecule has 3 unspecified atom stereocenters. The lowest BCUT2D eigenvalue weighted by Crippen LogP contribution is -2.36. The first-order valence-electron chi connectivity index (χ1n) is 9.44. The van der Waals surface area contributed by atoms with Crippen molar-refractivity contribution in [3.05, 3.63) is 0 Å². The molecule has 1 rings (SSSR count). The average Bonchev–Trinajstić information content (AvgIpc) is 3.19. The fraction of sp³-hybridized carbons (Fsp3) is 0.765. The predicted molar refractivity (Wildman–Crippen MR) is 108 cm³/mol. The second kappa shape index (κ2) is 16.5. The molecule has 0 radical (unpaired) electrons. The standard InChI is InChI=1S/C6H14N4O2.C6H13NO2.C5H9NO2/c7-4(5(11)12)2-1-3-10-6(8)9;1-3-4(2)5(7)6(8)9;7-5(8)4-2-1-3-6-4/h4H,1-3,7H2,(H,11,12)(H4,8,9,10);4-5H,3,7H2,1-2H3,(H,8,9);4,6H,1-3H2,(H,7,8)/t;;4-/m..0/s1. The maximum atomic E-state index is 10.2. The van der Waals surface area contributed by atoms with E-state index in [1.807, 2.05) is 13.8 Å². The van der Waals surface area contributed by atoms with Crippen LogP contribution in [0.15, 0.2) is 0 Å². The molecule has 0 saturated carbocycles. The number of carbonyl (C=O) groups is 3. The number of carboxylic acids is 3. The van der Waals surface area contributed by atoms with Crippen molar-refractivity contribution >= 4 is 23.9 Å². The van der Waals surface area contributed by atoms with Gasteiger partial charge in [-0.2, -0.15) is 0 Å². The third kappa shape index (κ3) is 16.2. The molecule has 12 N–H and O–H groups in total. The van der Waals surface area contributed by atoms with E-state index >= 15 is 0 Å². The maximum Gasteiger partial charge on any atom is 0.320 e. The van der Waals surface area contributed by atoms with Crippen LogP contribution in [0.25, 0.3) is 0 Å². The van der Waals surface area contributed by atoms with Gasteiger partial charge in [0, 0.05) is 6.54 Å². The Balaban J connectivity index is 0. The molecule has 29 heavy (non-hydrogen) atoms. The molecule has 1 fully saturated rings. The summed E-state index contributed by atoms with van der Waals surface area (Å²) in [5, 5.41) is 37.3. The molecule has 12 nitrogen and oxygen atoms in total. The van der Waals surface area contributed by atoms with Gasteiger partial charge >= 0.3 is 17.9 Å². The SMILES string of the molecule is CCC(C)C(N)C(=O)O.N=C(N)NCCCC(N)C(=O)O.O=C(O)[C@@H]1CCCN1. The van der Waals surface area contributed by atoms with Crippen LogP contribution in [0.2, 0.25) is 0 Å². The van der Waals surface area contributed by atoms with Crippen molar-refractivity contribution < 1.29 is 29.7 Å². The van der Waals surface area contributed by atoms with E-state index in [4.69, 9.17) is 37.9 Å². The van der Waals surface area contributed by atoms with Crippen LogP contribution in [-0.4, -0.2) is 70.4 Å². The smallest absolute Gasteiger partial charge is 0.320 e. The molecule has 4 atom stereocenters. The lowest BCUT2D eigenvalue weighted by atomic mass is 10.0. The van der Waals surface area contributed by atoms with Crippen LogP contribution in [0.1, 0.15) is 46.0 Å². The number of aliphatic carboxylic acids is 3. The summed E-state index contributed by atoms with van der Waals surface area (Å²) >= 11 is 0. The van der Waals surface area contributed by atoms with Gasteiger partial charge in [-0.3, -0.25) is 19.8 Å². The second-order valence-corrected chi connectivity index (χ2v) is 6.66. The van der Waals surface area contributed by atoms with E-state index in [2.05, 4.69) is 10.6 Å². The van der Waals surface area contributed by atoms with Gasteiger partial charge in [-0.25, -0.2) is 0 Å². The Kier molecular flexibility index (Phi) is 16.4. The zero-order valence-electron chi connectivity index (χ0n) is 17.1. The monoisotopic (exact) mass is 420 g/mol. The molecule has 0 aromatic rings. The normalized spacial score (nSPS) is 18.0. The quantitative estimate of drug-likeness (QED) is 0.123. The summed E-state index contributed by atoms with van der Waals surface area (Å²) in [7, 11) is 0. The summed E-state index contributed by atoms with van der Waals surface area (Å²) < 4.78 is 0. The van der Waals surface area contributed by atoms with E-state index in [-0.39, 0.29) is 17.9 Å². The van der Waals surface area contributed by atoms with Crippen LogP contribution in [0.3, 0.4) is 0 Å². The van der Waals surface area contributed by atoms with E-state index in [0.29, 0.717) is 19.4 Å². The number of nitrogens with one attached hydrogen (secondary N) is 3. The largest absolute Gasteiger partial charge is 0.480 e. The van der Waals surface area contributed by atoms with Gasteiger partial charge in [0.15, 0.2) is 5.96 Å². The third-order valence-electron chi connectivity index (χ3n) is 4.23. The Labute approximate surface area is 170 Å². The lowest BCUT2D eigenvalue weighted by Gasteiger charge is -2.11. The Hall–Kier alpha value is -2.44. The van der Waals surface area contributed by atoms with Crippen molar-refractivity contribution in [2.24, 2.45) is 23.1 Å². The molecule has 0 aromatic carbocycles. The van der Waals surface area contributed by atoms with Gasteiger partial charge in [0.25, 0.3) is 0 Å². The van der Waals surface area contributed by atoms with E-state index in [0.717, 1.165) is 25.8 Å². The highest BCUT2D eigenvalue weighted by molar-refractivity contribution is 5.74. The van der Waals surface area contributed by atoms with Gasteiger partial charge in [-0.05, 0) is 38.1 Å². The number of hydrogen-bond donors (Lipinski definition) is 9. The lowest BCUT2D eigenvalue weighted by molar-refractivity contribution is -0.140. The van der Waals surface area contributed by atoms with Crippen molar-refractivity contribution in [1.29, 1.82) is 5.41 Å². The highest BCUT2D eigenvalue weighted by Gasteiger charge is 2.20. The zero-order chi connectivity index (χ0) is 23.0. The van der Waals surface area contributed by atoms with Gasteiger partial charge in [0.1, 0.15) is 18.1 Å². The first-order valence-corrected chi connectivity index (χ1v) is 9.44. The Morgan fingerprint density at radius 1 is 1.21 bits per heavy atom. The topological polar surface area (TPSA) is 238 Å². The molecule has 170 valence electrons. The molecule has 0 amide bonds. The molecule has 1 aliphatic heterocycles. The minimum absolute atomic E-state index is 0.0718. The third-order valence-corrected chi connectivity index (χ3v) is 4.23. The number of hydrogen-bond acceptors (Lipinski definition) is 7. The van der Waals surface area contributed by atoms with Crippen LogP contribution >= 0.6 is 0 Å². The van der Waals surface area contributed by atoms with Crippen LogP contribution in [0, 0.1) is 11.3 Å². The average molecular weight is 421 g/mol. The summed E-state index contributed by atoms with van der Waals surface area (Å²) in [6, 6.07) is -1.79. The fourth-order valence-electron chi connectivity index (χ4n) is 2.06. The Bertz CT molecular complexity index is 513. The molecule has 1 aliphatic rings. The summed E-state index contributed by atoms with van der Waals surface area (Å²) in [5.74, 6) is -2.67. The summed E-state index contributed by atoms with van der Waals surface area (Å²) in [6.45, 7) is 5.10. The molecule has 0 spiro atoms. The molecule has 0 aromatic heterocycles. The second-order valence-electron chi connectivity index (χ2n) is 6.66. The number of guanidine groups is 1. The number of carboxylic acid groups (broad SMARTS) is 3. The van der Waals surface area contributed by atoms with Crippen LogP contribution in [0.4, 0.5) is 0 Å². The number of rotatable bonds is 9. The molecule has 12 heteroatoms. The zero-order valence-corrected chi connectivity index (χ0v) is 17.1. The van der Waals surface area contributed by atoms with Gasteiger partial charge < -0.3 is 43.2 Å². The van der Waals surface area contributed by atoms with E-state index in [1.165, 1.54) is 0 Å². The first-order chi connectivity index (χ1) is 13.4. The van der Waals surface area contributed by atoms with Crippen LogP contribution in [0.5, 0.6) is 0 Å². The minimum atomic E-state index is -1.00. The molecule has 0 aliphatic carbocycles. The maximum absolute atomic E-state index is 10.2. The first kappa shape index (κ1) is 28.8. The van der Waals surface area contributed by atoms with Gasteiger partial charge in [-0.1, -0.05) is 20.3 Å². The highest BCUT2D eigenvalue weighted by atomic mass is 16.4. The molecule has 1 saturated heterocycles. The fourth-order valence-corrected chi connectivity index (χ4v) is 2.06. The van der Waals surface area contributed by atoms with Gasteiger partial charge in [0.05, 0.1) is 0 Å². The van der Waals surface area contributed by atoms with Crippen molar-refractivity contribution in [2.45, 2.75) is 64.1 Å². The minimum Gasteiger partial charge on any atom is -0.480 e. The van der Waals surface area contributed by atoms with Crippen LogP contribution < -0.4 is 27.8 Å². The Morgan fingerprint density at radius 2 is 1.79 bits per heavy atom.